The van der Waals surface area contributed by atoms with E-state index in [-0.39, 0.29) is 0 Å². The highest BCUT2D eigenvalue weighted by Gasteiger charge is 2.20. The van der Waals surface area contributed by atoms with Crippen LogP contribution < -0.4 is 5.32 Å². The van der Waals surface area contributed by atoms with Crippen LogP contribution in [0.2, 0.25) is 0 Å². The number of aryl methyl sites for hydroxylation is 1. The van der Waals surface area contributed by atoms with Crippen molar-refractivity contribution in [1.82, 2.24) is 9.78 Å². The van der Waals surface area contributed by atoms with Crippen LogP contribution in [0.1, 0.15) is 19.0 Å². The van der Waals surface area contributed by atoms with Gasteiger partial charge in [-0.1, -0.05) is 30.4 Å². The van der Waals surface area contributed by atoms with Gasteiger partial charge in [-0.05, 0) is 26.0 Å². The highest BCUT2D eigenvalue weighted by atomic mass is 32.1. The van der Waals surface area contributed by atoms with E-state index in [0.29, 0.717) is 6.42 Å². The third-order valence-electron chi connectivity index (χ3n) is 3.01. The number of benzene rings is 1. The molecular formula is C14H14N4S. The van der Waals surface area contributed by atoms with Gasteiger partial charge in [0.2, 0.25) is 0 Å². The Balaban J connectivity index is 2.21. The molecule has 0 atom stereocenters. The van der Waals surface area contributed by atoms with Gasteiger partial charge in [-0.25, -0.2) is 4.68 Å². The van der Waals surface area contributed by atoms with Crippen LogP contribution >= 0.6 is 12.2 Å². The van der Waals surface area contributed by atoms with Crippen molar-refractivity contribution in [3.63, 3.8) is 0 Å². The van der Waals surface area contributed by atoms with E-state index in [4.69, 9.17) is 12.2 Å². The third kappa shape index (κ3) is 2.17. The van der Waals surface area contributed by atoms with Crippen LogP contribution in [0.3, 0.4) is 0 Å². The number of rotatable bonds is 1. The third-order valence-corrected chi connectivity index (χ3v) is 3.25. The van der Waals surface area contributed by atoms with Crippen molar-refractivity contribution < 1.29 is 0 Å². The van der Waals surface area contributed by atoms with E-state index in [9.17, 15) is 0 Å². The Labute approximate surface area is 117 Å². The summed E-state index contributed by atoms with van der Waals surface area (Å²) in [7, 11) is 0. The number of hydrogen-bond acceptors (Lipinski definition) is 3. The van der Waals surface area contributed by atoms with Gasteiger partial charge in [-0.3, -0.25) is 4.99 Å². The normalized spacial score (nSPS) is 14.4. The fraction of sp³-hybridized carbons (Fsp3) is 0.214. The van der Waals surface area contributed by atoms with E-state index >= 15 is 0 Å². The molecule has 0 saturated carbocycles. The van der Waals surface area contributed by atoms with Crippen LogP contribution in [0.15, 0.2) is 35.3 Å². The minimum Gasteiger partial charge on any atom is -0.332 e. The number of hydrogen-bond donors (Lipinski definition) is 1. The molecule has 0 unspecified atom stereocenters. The maximum atomic E-state index is 5.33. The smallest absolute Gasteiger partial charge is 0.160 e. The predicted molar refractivity (Wildman–Crippen MR) is 81.9 cm³/mol. The number of para-hydroxylation sites is 1. The summed E-state index contributed by atoms with van der Waals surface area (Å²) in [6.07, 6.45) is 0.693. The lowest BCUT2D eigenvalue weighted by Crippen LogP contribution is -2.13. The number of aromatic nitrogens is 2. The van der Waals surface area contributed by atoms with Gasteiger partial charge in [-0.2, -0.15) is 5.10 Å². The van der Waals surface area contributed by atoms with Crippen LogP contribution in [-0.4, -0.2) is 20.5 Å². The quantitative estimate of drug-likeness (QED) is 0.807. The highest BCUT2D eigenvalue weighted by molar-refractivity contribution is 7.80. The monoisotopic (exact) mass is 270 g/mol. The molecule has 3 rings (SSSR count). The van der Waals surface area contributed by atoms with Crippen LogP contribution in [0, 0.1) is 6.92 Å². The summed E-state index contributed by atoms with van der Waals surface area (Å²) in [5, 5.41) is 7.82. The standard InChI is InChI=1S/C14H14N4S/c1-9-8-12(19)16-14-13(15-9)10(2)17-18(14)11-6-4-3-5-7-11/h3-7H,8H2,1-2H3,(H,16,19). The summed E-state index contributed by atoms with van der Waals surface area (Å²) >= 11 is 5.33. The second-order valence-corrected chi connectivity index (χ2v) is 5.09. The molecule has 0 spiro atoms. The lowest BCUT2D eigenvalue weighted by Gasteiger charge is -2.08. The van der Waals surface area contributed by atoms with Crippen LogP contribution in [0.5, 0.6) is 0 Å². The number of aliphatic imine (C=N–C) groups is 1. The number of nitrogens with one attached hydrogen (secondary N) is 1. The average molecular weight is 270 g/mol. The van der Waals surface area contributed by atoms with Crippen LogP contribution in [-0.2, 0) is 0 Å². The van der Waals surface area contributed by atoms with Crippen molar-refractivity contribution in [3.05, 3.63) is 36.0 Å². The van der Waals surface area contributed by atoms with Crippen molar-refractivity contribution in [3.8, 4) is 5.69 Å². The molecule has 0 aliphatic carbocycles. The van der Waals surface area contributed by atoms with Crippen molar-refractivity contribution in [2.45, 2.75) is 20.3 Å². The topological polar surface area (TPSA) is 42.2 Å². The molecule has 96 valence electrons. The van der Waals surface area contributed by atoms with Gasteiger partial charge in [0.05, 0.1) is 16.4 Å². The zero-order valence-corrected chi connectivity index (χ0v) is 11.7. The summed E-state index contributed by atoms with van der Waals surface area (Å²) in [6.45, 7) is 3.95. The fourth-order valence-corrected chi connectivity index (χ4v) is 2.47. The highest BCUT2D eigenvalue weighted by Crippen LogP contribution is 2.33. The first-order valence-electron chi connectivity index (χ1n) is 6.14. The first kappa shape index (κ1) is 12.0. The summed E-state index contributed by atoms with van der Waals surface area (Å²) < 4.78 is 1.86. The SMILES string of the molecule is CC1=Nc2c(C)nn(-c3ccccc3)c2NC(=S)C1. The van der Waals surface area contributed by atoms with Gasteiger partial charge < -0.3 is 5.32 Å². The molecule has 1 aliphatic rings. The number of thiocarbonyl (C=S) groups is 1. The first-order valence-corrected chi connectivity index (χ1v) is 6.55. The van der Waals surface area contributed by atoms with Gasteiger partial charge in [0.25, 0.3) is 0 Å². The maximum absolute atomic E-state index is 5.33. The molecule has 0 bridgehead atoms. The molecule has 0 amide bonds. The summed E-state index contributed by atoms with van der Waals surface area (Å²) in [6, 6.07) is 9.99. The van der Waals surface area contributed by atoms with Crippen LogP contribution in [0.25, 0.3) is 5.69 Å². The molecule has 19 heavy (non-hydrogen) atoms. The molecule has 0 saturated heterocycles. The summed E-state index contributed by atoms with van der Waals surface area (Å²) in [5.74, 6) is 0.852. The maximum Gasteiger partial charge on any atom is 0.160 e. The van der Waals surface area contributed by atoms with Crippen molar-refractivity contribution in [2.75, 3.05) is 5.32 Å². The summed E-state index contributed by atoms with van der Waals surface area (Å²) in [5.41, 5.74) is 3.78. The Morgan fingerprint density at radius 1 is 1.21 bits per heavy atom. The van der Waals surface area contributed by atoms with Gasteiger partial charge in [0.1, 0.15) is 5.69 Å². The van der Waals surface area contributed by atoms with E-state index < -0.39 is 0 Å². The van der Waals surface area contributed by atoms with E-state index in [1.807, 2.05) is 48.9 Å². The van der Waals surface area contributed by atoms with E-state index in [1.54, 1.807) is 0 Å². The van der Waals surface area contributed by atoms with Gasteiger partial charge in [0, 0.05) is 12.1 Å². The second-order valence-electron chi connectivity index (χ2n) is 4.60. The first-order chi connectivity index (χ1) is 9.15. The Morgan fingerprint density at radius 3 is 2.68 bits per heavy atom. The predicted octanol–water partition coefficient (Wildman–Crippen LogP) is 3.42. The molecule has 1 aromatic carbocycles. The summed E-state index contributed by atoms with van der Waals surface area (Å²) in [4.78, 5) is 5.39. The van der Waals surface area contributed by atoms with Gasteiger partial charge in [0.15, 0.2) is 5.82 Å². The Kier molecular flexibility index (Phi) is 2.91. The molecule has 4 nitrogen and oxygen atoms in total. The number of anilines is 1. The molecule has 5 heteroatoms. The fourth-order valence-electron chi connectivity index (χ4n) is 2.16. The lowest BCUT2D eigenvalue weighted by molar-refractivity contribution is 0.870. The molecule has 2 heterocycles. The zero-order valence-electron chi connectivity index (χ0n) is 10.8. The minimum absolute atomic E-state index is 0.693. The number of nitrogens with zero attached hydrogens (tertiary/aromatic N) is 3. The Morgan fingerprint density at radius 2 is 1.95 bits per heavy atom. The lowest BCUT2D eigenvalue weighted by atomic mass is 10.3. The Hall–Kier alpha value is -2.01. The van der Waals surface area contributed by atoms with E-state index in [0.717, 1.165) is 33.6 Å². The van der Waals surface area contributed by atoms with Gasteiger partial charge >= 0.3 is 0 Å². The molecule has 2 aromatic rings. The van der Waals surface area contributed by atoms with E-state index in [2.05, 4.69) is 15.4 Å². The molecule has 1 aromatic heterocycles. The van der Waals surface area contributed by atoms with E-state index in [1.165, 1.54) is 0 Å². The Bertz CT molecular complexity index is 670. The van der Waals surface area contributed by atoms with Crippen molar-refractivity contribution in [2.24, 2.45) is 4.99 Å². The largest absolute Gasteiger partial charge is 0.332 e. The number of fused-ring (bicyclic) bond motifs is 1. The molecule has 1 N–H and O–H groups in total. The van der Waals surface area contributed by atoms with Gasteiger partial charge in [-0.15, -0.1) is 0 Å². The zero-order chi connectivity index (χ0) is 13.4. The average Bonchev–Trinajstić information content (AvgIpc) is 2.59. The minimum atomic E-state index is 0.693. The van der Waals surface area contributed by atoms with Crippen molar-refractivity contribution >= 4 is 34.4 Å². The molecule has 0 radical (unpaired) electrons. The van der Waals surface area contributed by atoms with Crippen molar-refractivity contribution in [1.29, 1.82) is 0 Å². The van der Waals surface area contributed by atoms with Crippen LogP contribution in [0.4, 0.5) is 11.5 Å². The second kappa shape index (κ2) is 4.59. The molecule has 0 fully saturated rings. The molecular weight excluding hydrogens is 256 g/mol. The molecule has 1 aliphatic heterocycles.